The van der Waals surface area contributed by atoms with Gasteiger partial charge in [-0.25, -0.2) is 0 Å². The first kappa shape index (κ1) is 20.0. The standard InChI is InChI=1S/C18H35N5O2/c1-4-20-18(21-14-15(2)22-9-11-25-12-10-22)23-7-5-16(6-8-23)13-17(24)19-3/h15-16H,4-14H2,1-3H3,(H,19,24)(H,20,21). The Labute approximate surface area is 152 Å². The number of piperidine rings is 1. The van der Waals surface area contributed by atoms with Gasteiger partial charge in [0.1, 0.15) is 0 Å². The third-order valence-electron chi connectivity index (χ3n) is 5.18. The van der Waals surface area contributed by atoms with Crippen LogP contribution in [0.15, 0.2) is 4.99 Å². The maximum Gasteiger partial charge on any atom is 0.220 e. The number of morpholine rings is 1. The van der Waals surface area contributed by atoms with Crippen molar-refractivity contribution in [3.63, 3.8) is 0 Å². The van der Waals surface area contributed by atoms with E-state index >= 15 is 0 Å². The van der Waals surface area contributed by atoms with Gasteiger partial charge in [0, 0.05) is 52.2 Å². The fraction of sp³-hybridized carbons (Fsp3) is 0.889. The maximum absolute atomic E-state index is 11.6. The minimum Gasteiger partial charge on any atom is -0.379 e. The summed E-state index contributed by atoms with van der Waals surface area (Å²) < 4.78 is 5.43. The molecule has 1 amide bonds. The van der Waals surface area contributed by atoms with Gasteiger partial charge >= 0.3 is 0 Å². The quantitative estimate of drug-likeness (QED) is 0.538. The maximum atomic E-state index is 11.6. The van der Waals surface area contributed by atoms with Crippen LogP contribution in [0.4, 0.5) is 0 Å². The number of aliphatic imine (C=N–C) groups is 1. The molecule has 2 fully saturated rings. The van der Waals surface area contributed by atoms with Crippen LogP contribution in [0.2, 0.25) is 0 Å². The van der Waals surface area contributed by atoms with Gasteiger partial charge in [0.15, 0.2) is 5.96 Å². The van der Waals surface area contributed by atoms with Gasteiger partial charge in [-0.2, -0.15) is 0 Å². The molecule has 2 saturated heterocycles. The first-order valence-corrected chi connectivity index (χ1v) is 9.69. The first-order chi connectivity index (χ1) is 12.1. The molecule has 0 bridgehead atoms. The van der Waals surface area contributed by atoms with Gasteiger partial charge in [-0.1, -0.05) is 0 Å². The van der Waals surface area contributed by atoms with E-state index in [2.05, 4.69) is 34.3 Å². The van der Waals surface area contributed by atoms with Crippen LogP contribution in [0, 0.1) is 5.92 Å². The zero-order valence-corrected chi connectivity index (χ0v) is 16.1. The third kappa shape index (κ3) is 6.47. The van der Waals surface area contributed by atoms with Crippen LogP contribution < -0.4 is 10.6 Å². The van der Waals surface area contributed by atoms with Gasteiger partial charge in [-0.05, 0) is 32.6 Å². The summed E-state index contributed by atoms with van der Waals surface area (Å²) in [6.07, 6.45) is 2.75. The summed E-state index contributed by atoms with van der Waals surface area (Å²) in [5, 5.41) is 6.16. The minimum absolute atomic E-state index is 0.151. The van der Waals surface area contributed by atoms with Crippen molar-refractivity contribution in [3.8, 4) is 0 Å². The fourth-order valence-electron chi connectivity index (χ4n) is 3.49. The van der Waals surface area contributed by atoms with Crippen LogP contribution in [-0.4, -0.2) is 87.2 Å². The second-order valence-corrected chi connectivity index (χ2v) is 7.00. The van der Waals surface area contributed by atoms with Gasteiger partial charge < -0.3 is 20.3 Å². The molecule has 2 heterocycles. The molecule has 1 atom stereocenters. The predicted molar refractivity (Wildman–Crippen MR) is 101 cm³/mol. The van der Waals surface area contributed by atoms with Crippen molar-refractivity contribution in [1.29, 1.82) is 0 Å². The summed E-state index contributed by atoms with van der Waals surface area (Å²) >= 11 is 0. The summed E-state index contributed by atoms with van der Waals surface area (Å²) in [6.45, 7) is 11.6. The number of carbonyl (C=O) groups is 1. The summed E-state index contributed by atoms with van der Waals surface area (Å²) in [4.78, 5) is 21.2. The molecule has 2 aliphatic heterocycles. The zero-order chi connectivity index (χ0) is 18.1. The lowest BCUT2D eigenvalue weighted by atomic mass is 9.93. The molecule has 0 aliphatic carbocycles. The summed E-state index contributed by atoms with van der Waals surface area (Å²) in [5.41, 5.74) is 0. The summed E-state index contributed by atoms with van der Waals surface area (Å²) in [6, 6.07) is 0.434. The molecule has 2 aliphatic rings. The Kier molecular flexibility index (Phi) is 8.48. The highest BCUT2D eigenvalue weighted by molar-refractivity contribution is 5.80. The zero-order valence-electron chi connectivity index (χ0n) is 16.1. The van der Waals surface area contributed by atoms with Crippen molar-refractivity contribution in [1.82, 2.24) is 20.4 Å². The molecule has 0 aromatic rings. The van der Waals surface area contributed by atoms with E-state index in [4.69, 9.17) is 9.73 Å². The molecule has 0 spiro atoms. The lowest BCUT2D eigenvalue weighted by Crippen LogP contribution is -2.47. The number of rotatable bonds is 6. The number of likely N-dealkylation sites (tertiary alicyclic amines) is 1. The molecule has 2 rings (SSSR count). The monoisotopic (exact) mass is 353 g/mol. The van der Waals surface area contributed by atoms with Crippen molar-refractivity contribution >= 4 is 11.9 Å². The smallest absolute Gasteiger partial charge is 0.220 e. The lowest BCUT2D eigenvalue weighted by Gasteiger charge is -2.35. The lowest BCUT2D eigenvalue weighted by molar-refractivity contribution is -0.121. The molecule has 25 heavy (non-hydrogen) atoms. The van der Waals surface area contributed by atoms with Crippen LogP contribution in [0.5, 0.6) is 0 Å². The number of guanidine groups is 1. The Bertz CT molecular complexity index is 429. The molecule has 7 heteroatoms. The highest BCUT2D eigenvalue weighted by atomic mass is 16.5. The number of carbonyl (C=O) groups excluding carboxylic acids is 1. The number of nitrogens with one attached hydrogen (secondary N) is 2. The van der Waals surface area contributed by atoms with E-state index in [-0.39, 0.29) is 5.91 Å². The first-order valence-electron chi connectivity index (χ1n) is 9.69. The van der Waals surface area contributed by atoms with Gasteiger partial charge in [0.25, 0.3) is 0 Å². The highest BCUT2D eigenvalue weighted by Gasteiger charge is 2.23. The van der Waals surface area contributed by atoms with E-state index in [1.54, 1.807) is 7.05 Å². The van der Waals surface area contributed by atoms with E-state index in [0.717, 1.165) is 71.3 Å². The second kappa shape index (κ2) is 10.6. The topological polar surface area (TPSA) is 69.2 Å². The van der Waals surface area contributed by atoms with Crippen LogP contribution in [0.3, 0.4) is 0 Å². The Morgan fingerprint density at radius 2 is 1.92 bits per heavy atom. The SMILES string of the molecule is CCNC(=NCC(C)N1CCOCC1)N1CCC(CC(=O)NC)CC1. The molecule has 144 valence electrons. The van der Waals surface area contributed by atoms with E-state index < -0.39 is 0 Å². The number of hydrogen-bond donors (Lipinski definition) is 2. The van der Waals surface area contributed by atoms with Crippen LogP contribution >= 0.6 is 0 Å². The van der Waals surface area contributed by atoms with Gasteiger partial charge in [-0.3, -0.25) is 14.7 Å². The molecule has 2 N–H and O–H groups in total. The fourth-order valence-corrected chi connectivity index (χ4v) is 3.49. The van der Waals surface area contributed by atoms with E-state index in [9.17, 15) is 4.79 Å². The second-order valence-electron chi connectivity index (χ2n) is 7.00. The van der Waals surface area contributed by atoms with Gasteiger partial charge in [0.2, 0.25) is 5.91 Å². The normalized spacial score (nSPS) is 21.9. The Balaban J connectivity index is 1.84. The number of hydrogen-bond acceptors (Lipinski definition) is 4. The largest absolute Gasteiger partial charge is 0.379 e. The number of nitrogens with zero attached hydrogens (tertiary/aromatic N) is 3. The van der Waals surface area contributed by atoms with Crippen LogP contribution in [0.25, 0.3) is 0 Å². The van der Waals surface area contributed by atoms with Crippen molar-refractivity contribution < 1.29 is 9.53 Å². The Hall–Kier alpha value is -1.34. The van der Waals surface area contributed by atoms with E-state index in [1.165, 1.54) is 0 Å². The molecule has 0 aromatic carbocycles. The van der Waals surface area contributed by atoms with Gasteiger partial charge in [0.05, 0.1) is 19.8 Å². The average Bonchev–Trinajstić information content (AvgIpc) is 2.66. The summed E-state index contributed by atoms with van der Waals surface area (Å²) in [5.74, 6) is 1.66. The molecular formula is C18H35N5O2. The molecule has 0 radical (unpaired) electrons. The molecule has 0 saturated carbocycles. The highest BCUT2D eigenvalue weighted by Crippen LogP contribution is 2.20. The number of amides is 1. The van der Waals surface area contributed by atoms with E-state index in [1.807, 2.05) is 0 Å². The van der Waals surface area contributed by atoms with Crippen molar-refractivity contribution in [2.75, 3.05) is 59.5 Å². The summed E-state index contributed by atoms with van der Waals surface area (Å²) in [7, 11) is 1.71. The van der Waals surface area contributed by atoms with Crippen molar-refractivity contribution in [3.05, 3.63) is 0 Å². The van der Waals surface area contributed by atoms with Crippen molar-refractivity contribution in [2.24, 2.45) is 10.9 Å². The van der Waals surface area contributed by atoms with Crippen molar-refractivity contribution in [2.45, 2.75) is 39.2 Å². The third-order valence-corrected chi connectivity index (χ3v) is 5.18. The minimum atomic E-state index is 0.151. The van der Waals surface area contributed by atoms with Crippen LogP contribution in [-0.2, 0) is 9.53 Å². The molecule has 7 nitrogen and oxygen atoms in total. The molecular weight excluding hydrogens is 318 g/mol. The van der Waals surface area contributed by atoms with Gasteiger partial charge in [-0.15, -0.1) is 0 Å². The molecule has 0 aromatic heterocycles. The predicted octanol–water partition coefficient (Wildman–Crippen LogP) is 0.521. The average molecular weight is 354 g/mol. The Morgan fingerprint density at radius 3 is 2.52 bits per heavy atom. The van der Waals surface area contributed by atoms with E-state index in [0.29, 0.717) is 18.4 Å². The number of ether oxygens (including phenoxy) is 1. The van der Waals surface area contributed by atoms with Crippen LogP contribution in [0.1, 0.15) is 33.1 Å². The Morgan fingerprint density at radius 1 is 1.24 bits per heavy atom. The molecule has 1 unspecified atom stereocenters.